The Bertz CT molecular complexity index is 1080. The summed E-state index contributed by atoms with van der Waals surface area (Å²) in [5.41, 5.74) is 2.87. The van der Waals surface area contributed by atoms with Gasteiger partial charge in [-0.3, -0.25) is 9.59 Å². The number of aromatic nitrogens is 2. The first-order valence-electron chi connectivity index (χ1n) is 8.25. The summed E-state index contributed by atoms with van der Waals surface area (Å²) in [6, 6.07) is 12.7. The smallest absolute Gasteiger partial charge is 0.262 e. The number of hydrogen-bond acceptors (Lipinski definition) is 4. The van der Waals surface area contributed by atoms with E-state index >= 15 is 0 Å². The van der Waals surface area contributed by atoms with Crippen molar-refractivity contribution < 1.29 is 9.59 Å². The van der Waals surface area contributed by atoms with Gasteiger partial charge >= 0.3 is 0 Å². The largest absolute Gasteiger partial charge is 0.347 e. The number of nitriles is 1. The van der Waals surface area contributed by atoms with Crippen molar-refractivity contribution in [3.8, 4) is 6.07 Å². The van der Waals surface area contributed by atoms with Gasteiger partial charge in [-0.05, 0) is 35.9 Å². The summed E-state index contributed by atoms with van der Waals surface area (Å²) in [6.07, 6.45) is 4.90. The molecule has 2 aromatic heterocycles. The number of rotatable bonds is 5. The zero-order chi connectivity index (χ0) is 19.2. The molecule has 0 saturated carbocycles. The number of amides is 2. The van der Waals surface area contributed by atoms with E-state index in [4.69, 9.17) is 0 Å². The van der Waals surface area contributed by atoms with E-state index in [9.17, 15) is 14.9 Å². The summed E-state index contributed by atoms with van der Waals surface area (Å²) >= 11 is 0. The van der Waals surface area contributed by atoms with Crippen molar-refractivity contribution >= 4 is 34.6 Å². The third-order valence-corrected chi connectivity index (χ3v) is 3.85. The van der Waals surface area contributed by atoms with Crippen LogP contribution < -0.4 is 10.6 Å². The van der Waals surface area contributed by atoms with E-state index in [1.54, 1.807) is 36.7 Å². The third-order valence-electron chi connectivity index (χ3n) is 3.85. The SMILES string of the molecule is CC(=O)Nc1cccc(CNC(=O)/C(C#N)=C/c2c[nH]c3ncccc23)c1. The molecule has 0 aliphatic rings. The Labute approximate surface area is 155 Å². The Morgan fingerprint density at radius 2 is 2.15 bits per heavy atom. The van der Waals surface area contributed by atoms with Crippen molar-refractivity contribution in [1.82, 2.24) is 15.3 Å². The topological polar surface area (TPSA) is 111 Å². The Balaban J connectivity index is 1.73. The van der Waals surface area contributed by atoms with Gasteiger partial charge in [0.05, 0.1) is 0 Å². The molecule has 0 spiro atoms. The predicted octanol–water partition coefficient (Wildman–Crippen LogP) is 2.74. The average Bonchev–Trinajstić information content (AvgIpc) is 3.07. The fourth-order valence-corrected chi connectivity index (χ4v) is 2.64. The van der Waals surface area contributed by atoms with Crippen LogP contribution in [-0.4, -0.2) is 21.8 Å². The van der Waals surface area contributed by atoms with Gasteiger partial charge in [-0.25, -0.2) is 4.98 Å². The van der Waals surface area contributed by atoms with E-state index in [1.807, 2.05) is 18.2 Å². The standard InChI is InChI=1S/C20H17N5O2/c1-13(26)25-17-5-2-4-14(8-17)11-24-20(27)15(10-21)9-16-12-23-19-18(16)6-3-7-22-19/h2-9,12H,11H2,1H3,(H,22,23)(H,24,27)(H,25,26)/b15-9+. The van der Waals surface area contributed by atoms with Crippen molar-refractivity contribution in [1.29, 1.82) is 5.26 Å². The molecular formula is C20H17N5O2. The molecule has 1 aromatic carbocycles. The first-order valence-corrected chi connectivity index (χ1v) is 8.25. The Hall–Kier alpha value is -3.92. The summed E-state index contributed by atoms with van der Waals surface area (Å²) in [4.78, 5) is 30.7. The number of fused-ring (bicyclic) bond motifs is 1. The number of nitrogens with zero attached hydrogens (tertiary/aromatic N) is 2. The van der Waals surface area contributed by atoms with Crippen molar-refractivity contribution in [3.63, 3.8) is 0 Å². The Kier molecular flexibility index (Phi) is 5.28. The van der Waals surface area contributed by atoms with Crippen LogP contribution in [-0.2, 0) is 16.1 Å². The summed E-state index contributed by atoms with van der Waals surface area (Å²) in [7, 11) is 0. The van der Waals surface area contributed by atoms with Crippen LogP contribution in [0.1, 0.15) is 18.1 Å². The van der Waals surface area contributed by atoms with E-state index in [-0.39, 0.29) is 18.0 Å². The minimum Gasteiger partial charge on any atom is -0.347 e. The van der Waals surface area contributed by atoms with Crippen LogP contribution in [0.2, 0.25) is 0 Å². The van der Waals surface area contributed by atoms with Crippen LogP contribution in [0.3, 0.4) is 0 Å². The minimum atomic E-state index is -0.472. The van der Waals surface area contributed by atoms with Crippen LogP contribution in [0.5, 0.6) is 0 Å². The molecule has 0 radical (unpaired) electrons. The normalized spacial score (nSPS) is 11.0. The van der Waals surface area contributed by atoms with Gasteiger partial charge in [0.25, 0.3) is 5.91 Å². The molecule has 3 rings (SSSR count). The molecule has 0 saturated heterocycles. The molecule has 0 fully saturated rings. The molecule has 134 valence electrons. The highest BCUT2D eigenvalue weighted by Gasteiger charge is 2.11. The number of H-pyrrole nitrogens is 1. The number of carbonyl (C=O) groups excluding carboxylic acids is 2. The highest BCUT2D eigenvalue weighted by Crippen LogP contribution is 2.18. The number of hydrogen-bond donors (Lipinski definition) is 3. The average molecular weight is 359 g/mol. The van der Waals surface area contributed by atoms with E-state index in [1.165, 1.54) is 13.0 Å². The maximum Gasteiger partial charge on any atom is 0.262 e. The van der Waals surface area contributed by atoms with E-state index < -0.39 is 5.91 Å². The molecule has 0 aliphatic heterocycles. The Morgan fingerprint density at radius 1 is 1.30 bits per heavy atom. The van der Waals surface area contributed by atoms with Crippen LogP contribution in [0.25, 0.3) is 17.1 Å². The molecule has 7 heteroatoms. The second kappa shape index (κ2) is 7.97. The molecule has 3 aromatic rings. The van der Waals surface area contributed by atoms with E-state index in [0.29, 0.717) is 11.3 Å². The van der Waals surface area contributed by atoms with E-state index in [0.717, 1.165) is 16.5 Å². The summed E-state index contributed by atoms with van der Waals surface area (Å²) in [5.74, 6) is -0.639. The molecule has 7 nitrogen and oxygen atoms in total. The van der Waals surface area contributed by atoms with Crippen molar-refractivity contribution in [2.24, 2.45) is 0 Å². The fraction of sp³-hybridized carbons (Fsp3) is 0.100. The molecule has 2 heterocycles. The molecule has 3 N–H and O–H groups in total. The molecule has 0 aliphatic carbocycles. The second-order valence-electron chi connectivity index (χ2n) is 5.88. The molecule has 0 atom stereocenters. The number of pyridine rings is 1. The van der Waals surface area contributed by atoms with Crippen molar-refractivity contribution in [2.75, 3.05) is 5.32 Å². The summed E-state index contributed by atoms with van der Waals surface area (Å²) in [6.45, 7) is 1.67. The molecule has 0 bridgehead atoms. The lowest BCUT2D eigenvalue weighted by molar-refractivity contribution is -0.117. The number of carbonyl (C=O) groups is 2. The first-order chi connectivity index (χ1) is 13.1. The number of aromatic amines is 1. The maximum absolute atomic E-state index is 12.4. The molecular weight excluding hydrogens is 342 g/mol. The minimum absolute atomic E-state index is 0.00207. The van der Waals surface area contributed by atoms with Crippen molar-refractivity contribution in [3.05, 3.63) is 65.5 Å². The zero-order valence-corrected chi connectivity index (χ0v) is 14.6. The quantitative estimate of drug-likeness (QED) is 0.480. The van der Waals surface area contributed by atoms with Gasteiger partial charge in [-0.15, -0.1) is 0 Å². The highest BCUT2D eigenvalue weighted by molar-refractivity contribution is 6.03. The lowest BCUT2D eigenvalue weighted by Gasteiger charge is -2.07. The van der Waals surface area contributed by atoms with Crippen LogP contribution in [0.4, 0.5) is 5.69 Å². The number of benzene rings is 1. The predicted molar refractivity (Wildman–Crippen MR) is 102 cm³/mol. The van der Waals surface area contributed by atoms with Gasteiger partial charge in [-0.1, -0.05) is 12.1 Å². The van der Waals surface area contributed by atoms with Crippen LogP contribution in [0.15, 0.2) is 54.4 Å². The zero-order valence-electron chi connectivity index (χ0n) is 14.6. The Morgan fingerprint density at radius 3 is 2.93 bits per heavy atom. The molecule has 0 unspecified atom stereocenters. The summed E-state index contributed by atoms with van der Waals surface area (Å²) in [5, 5.41) is 15.6. The van der Waals surface area contributed by atoms with Crippen molar-refractivity contribution in [2.45, 2.75) is 13.5 Å². The monoisotopic (exact) mass is 359 g/mol. The number of nitrogens with one attached hydrogen (secondary N) is 3. The maximum atomic E-state index is 12.4. The molecule has 27 heavy (non-hydrogen) atoms. The van der Waals surface area contributed by atoms with Gasteiger partial charge in [0.2, 0.25) is 5.91 Å². The van der Waals surface area contributed by atoms with Gasteiger partial charge in [0, 0.05) is 42.5 Å². The third kappa shape index (κ3) is 4.38. The first kappa shape index (κ1) is 17.9. The number of anilines is 1. The van der Waals surface area contributed by atoms with Gasteiger partial charge in [0.15, 0.2) is 0 Å². The van der Waals surface area contributed by atoms with Crippen LogP contribution >= 0.6 is 0 Å². The molecule has 2 amide bonds. The van der Waals surface area contributed by atoms with Crippen LogP contribution in [0, 0.1) is 11.3 Å². The second-order valence-corrected chi connectivity index (χ2v) is 5.88. The van der Waals surface area contributed by atoms with E-state index in [2.05, 4.69) is 20.6 Å². The summed E-state index contributed by atoms with van der Waals surface area (Å²) < 4.78 is 0. The lowest BCUT2D eigenvalue weighted by Crippen LogP contribution is -2.24. The van der Waals surface area contributed by atoms with Gasteiger partial charge in [-0.2, -0.15) is 5.26 Å². The lowest BCUT2D eigenvalue weighted by atomic mass is 10.1. The van der Waals surface area contributed by atoms with Gasteiger partial charge in [0.1, 0.15) is 17.3 Å². The fourth-order valence-electron chi connectivity index (χ4n) is 2.64. The van der Waals surface area contributed by atoms with Gasteiger partial charge < -0.3 is 15.6 Å². The highest BCUT2D eigenvalue weighted by atomic mass is 16.2.